The largest absolute Gasteiger partial charge is 0.462 e. The third-order valence-corrected chi connectivity index (χ3v) is 7.62. The molecule has 1 aromatic carbocycles. The number of ether oxygens (including phenoxy) is 2. The Bertz CT molecular complexity index is 519. The Balaban J connectivity index is 1.85. The molecule has 1 fully saturated rings. The number of rotatable bonds is 5. The molecule has 0 bridgehead atoms. The van der Waals surface area contributed by atoms with Crippen LogP contribution < -0.4 is 9.92 Å². The van der Waals surface area contributed by atoms with Crippen molar-refractivity contribution >= 4 is 13.7 Å². The van der Waals surface area contributed by atoms with Crippen LogP contribution in [0.2, 0.25) is 6.55 Å². The van der Waals surface area contributed by atoms with E-state index >= 15 is 0 Å². The smallest absolute Gasteiger partial charge is 0.369 e. The predicted octanol–water partition coefficient (Wildman–Crippen LogP) is 3.22. The topological polar surface area (TPSA) is 36.9 Å². The Morgan fingerprint density at radius 3 is 2.45 bits per heavy atom. The molecule has 1 spiro atoms. The van der Waals surface area contributed by atoms with Crippen LogP contribution in [0.3, 0.4) is 0 Å². The molecule has 0 N–H and O–H groups in total. The van der Waals surface area contributed by atoms with Gasteiger partial charge in [0.15, 0.2) is 0 Å². The lowest BCUT2D eigenvalue weighted by Gasteiger charge is -2.36. The first kappa shape index (κ1) is 16.0. The fourth-order valence-electron chi connectivity index (χ4n) is 3.43. The minimum atomic E-state index is -2.34. The summed E-state index contributed by atoms with van der Waals surface area (Å²) in [5.41, 5.74) is 1.10. The van der Waals surface area contributed by atoms with Gasteiger partial charge in [-0.15, -0.1) is 0 Å². The number of hydrogen-bond acceptors (Lipinski definition) is 4. The maximum atomic E-state index is 6.18. The molecule has 1 aliphatic carbocycles. The summed E-state index contributed by atoms with van der Waals surface area (Å²) in [6.07, 6.45) is 4.37. The van der Waals surface area contributed by atoms with E-state index in [2.05, 4.69) is 24.7 Å². The molecule has 2 aliphatic rings. The fraction of sp³-hybridized carbons (Fsp3) is 0.647. The summed E-state index contributed by atoms with van der Waals surface area (Å²) in [5.74, 6) is 0.594. The number of fused-ring (bicyclic) bond motifs is 1. The monoisotopic (exact) mass is 322 g/mol. The molecule has 0 amide bonds. The van der Waals surface area contributed by atoms with Crippen LogP contribution >= 0.6 is 0 Å². The molecule has 4 nitrogen and oxygen atoms in total. The van der Waals surface area contributed by atoms with Gasteiger partial charge in [0.25, 0.3) is 0 Å². The minimum absolute atomic E-state index is 0.366. The van der Waals surface area contributed by atoms with Crippen LogP contribution in [-0.2, 0) is 20.2 Å². The maximum Gasteiger partial charge on any atom is 0.369 e. The molecular formula is C17H26O4Si. The second-order valence-electron chi connectivity index (χ2n) is 6.14. The van der Waals surface area contributed by atoms with Crippen molar-refractivity contribution in [2.45, 2.75) is 58.5 Å². The fourth-order valence-corrected chi connectivity index (χ4v) is 5.77. The van der Waals surface area contributed by atoms with E-state index in [0.717, 1.165) is 29.3 Å². The Kier molecular flexibility index (Phi) is 4.59. The molecule has 22 heavy (non-hydrogen) atoms. The van der Waals surface area contributed by atoms with E-state index in [-0.39, 0.29) is 5.79 Å². The summed E-state index contributed by atoms with van der Waals surface area (Å²) < 4.78 is 24.2. The summed E-state index contributed by atoms with van der Waals surface area (Å²) in [5, 5.41) is 1.14. The van der Waals surface area contributed by atoms with Crippen molar-refractivity contribution in [3.8, 4) is 5.75 Å². The van der Waals surface area contributed by atoms with Gasteiger partial charge in [-0.05, 0) is 50.6 Å². The van der Waals surface area contributed by atoms with Crippen molar-refractivity contribution in [1.82, 2.24) is 0 Å². The van der Waals surface area contributed by atoms with E-state index < -0.39 is 8.56 Å². The third kappa shape index (κ3) is 2.95. The van der Waals surface area contributed by atoms with E-state index in [4.69, 9.17) is 18.3 Å². The lowest BCUT2D eigenvalue weighted by Crippen LogP contribution is -2.51. The van der Waals surface area contributed by atoms with Gasteiger partial charge in [0.1, 0.15) is 5.75 Å². The third-order valence-electron chi connectivity index (χ3n) is 4.58. The molecule has 5 heteroatoms. The highest BCUT2D eigenvalue weighted by molar-refractivity contribution is 6.80. The van der Waals surface area contributed by atoms with Crippen LogP contribution in [0.25, 0.3) is 0 Å². The van der Waals surface area contributed by atoms with Gasteiger partial charge >= 0.3 is 8.56 Å². The number of benzene rings is 1. The standard InChI is InChI=1S/C17H26O4Si/c1-4-19-22(3,20-5-2)15-8-9-16-14(12-15)13-18-17(21-16)10-6-7-11-17/h8-9,12H,4-7,10-11,13H2,1-3H3. The average molecular weight is 322 g/mol. The van der Waals surface area contributed by atoms with Gasteiger partial charge in [0.2, 0.25) is 5.79 Å². The highest BCUT2D eigenvalue weighted by atomic mass is 28.4. The first-order chi connectivity index (χ1) is 10.6. The highest BCUT2D eigenvalue weighted by Crippen LogP contribution is 2.40. The summed E-state index contributed by atoms with van der Waals surface area (Å²) >= 11 is 0. The number of hydrogen-bond donors (Lipinski definition) is 0. The van der Waals surface area contributed by atoms with Crippen LogP contribution in [0.15, 0.2) is 18.2 Å². The van der Waals surface area contributed by atoms with E-state index in [9.17, 15) is 0 Å². The highest BCUT2D eigenvalue weighted by Gasteiger charge is 2.41. The Labute approximate surface area is 134 Å². The first-order valence-corrected chi connectivity index (χ1v) is 10.7. The van der Waals surface area contributed by atoms with Crippen molar-refractivity contribution in [3.05, 3.63) is 23.8 Å². The molecule has 0 atom stereocenters. The van der Waals surface area contributed by atoms with Crippen LogP contribution in [0.1, 0.15) is 45.1 Å². The van der Waals surface area contributed by atoms with Crippen molar-refractivity contribution in [1.29, 1.82) is 0 Å². The van der Waals surface area contributed by atoms with Crippen LogP contribution in [0.4, 0.5) is 0 Å². The van der Waals surface area contributed by atoms with Gasteiger partial charge in [-0.2, -0.15) is 0 Å². The molecule has 1 aliphatic heterocycles. The molecule has 1 heterocycles. The maximum absolute atomic E-state index is 6.18. The van der Waals surface area contributed by atoms with Gasteiger partial charge in [-0.1, -0.05) is 6.07 Å². The van der Waals surface area contributed by atoms with Crippen molar-refractivity contribution in [2.75, 3.05) is 13.2 Å². The van der Waals surface area contributed by atoms with Crippen molar-refractivity contribution in [3.63, 3.8) is 0 Å². The zero-order valence-corrected chi connectivity index (χ0v) is 14.8. The SMILES string of the molecule is CCO[Si](C)(OCC)c1ccc2c(c1)COC1(CCCC1)O2. The van der Waals surface area contributed by atoms with Crippen LogP contribution in [0, 0.1) is 0 Å². The second-order valence-corrected chi connectivity index (χ2v) is 9.19. The molecule has 0 radical (unpaired) electrons. The van der Waals surface area contributed by atoms with E-state index in [1.807, 2.05) is 13.8 Å². The van der Waals surface area contributed by atoms with Crippen molar-refractivity contribution in [2.24, 2.45) is 0 Å². The summed E-state index contributed by atoms with van der Waals surface area (Å²) in [6, 6.07) is 6.32. The average Bonchev–Trinajstić information content (AvgIpc) is 2.95. The minimum Gasteiger partial charge on any atom is -0.462 e. The Morgan fingerprint density at radius 2 is 1.82 bits per heavy atom. The van der Waals surface area contributed by atoms with Gasteiger partial charge in [0.05, 0.1) is 6.61 Å². The summed E-state index contributed by atoms with van der Waals surface area (Å²) in [7, 11) is -2.34. The quantitative estimate of drug-likeness (QED) is 0.780. The lowest BCUT2D eigenvalue weighted by molar-refractivity contribution is -0.200. The van der Waals surface area contributed by atoms with Gasteiger partial charge in [-0.3, -0.25) is 0 Å². The first-order valence-electron chi connectivity index (χ1n) is 8.35. The van der Waals surface area contributed by atoms with Crippen LogP contribution in [-0.4, -0.2) is 27.6 Å². The molecular weight excluding hydrogens is 296 g/mol. The molecule has 1 aromatic rings. The van der Waals surface area contributed by atoms with Gasteiger partial charge in [0, 0.05) is 31.6 Å². The Morgan fingerprint density at radius 1 is 1.14 bits per heavy atom. The summed E-state index contributed by atoms with van der Waals surface area (Å²) in [6.45, 7) is 8.07. The zero-order valence-electron chi connectivity index (χ0n) is 13.8. The van der Waals surface area contributed by atoms with E-state index in [1.165, 1.54) is 12.8 Å². The van der Waals surface area contributed by atoms with Gasteiger partial charge < -0.3 is 18.3 Å². The predicted molar refractivity (Wildman–Crippen MR) is 87.6 cm³/mol. The summed E-state index contributed by atoms with van der Waals surface area (Å²) in [4.78, 5) is 0. The van der Waals surface area contributed by atoms with E-state index in [0.29, 0.717) is 19.8 Å². The van der Waals surface area contributed by atoms with E-state index in [1.54, 1.807) is 0 Å². The molecule has 3 rings (SSSR count). The second kappa shape index (κ2) is 6.32. The van der Waals surface area contributed by atoms with Gasteiger partial charge in [-0.25, -0.2) is 0 Å². The lowest BCUT2D eigenvalue weighted by atomic mass is 10.1. The molecule has 0 aromatic heterocycles. The van der Waals surface area contributed by atoms with Crippen molar-refractivity contribution < 1.29 is 18.3 Å². The molecule has 0 saturated heterocycles. The van der Waals surface area contributed by atoms with Crippen LogP contribution in [0.5, 0.6) is 5.75 Å². The normalized spacial score (nSPS) is 20.0. The Hall–Kier alpha value is -0.883. The molecule has 1 saturated carbocycles. The zero-order chi connectivity index (χ0) is 15.6. The molecule has 0 unspecified atom stereocenters. The molecule has 122 valence electrons.